The molecule has 0 atom stereocenters. The number of fused-ring (bicyclic) bond motifs is 3. The molecule has 0 spiro atoms. The van der Waals surface area contributed by atoms with E-state index >= 15 is 0 Å². The number of hydrogen-bond acceptors (Lipinski definition) is 6. The van der Waals surface area contributed by atoms with Gasteiger partial charge < -0.3 is 9.84 Å². The zero-order valence-corrected chi connectivity index (χ0v) is 17.9. The summed E-state index contributed by atoms with van der Waals surface area (Å²) >= 11 is 2.57. The minimum absolute atomic E-state index is 0.0889. The van der Waals surface area contributed by atoms with Crippen LogP contribution in [-0.4, -0.2) is 32.0 Å². The Kier molecular flexibility index (Phi) is 5.50. The Balaban J connectivity index is 1.79. The second kappa shape index (κ2) is 7.93. The van der Waals surface area contributed by atoms with Crippen LogP contribution < -0.4 is 5.56 Å². The van der Waals surface area contributed by atoms with Gasteiger partial charge in [-0.25, -0.2) is 4.98 Å². The normalized spacial score (nSPS) is 15.4. The minimum atomic E-state index is -0.931. The monoisotopic (exact) mass is 430 g/mol. The molecule has 0 amide bonds. The van der Waals surface area contributed by atoms with Gasteiger partial charge in [0.05, 0.1) is 23.3 Å². The summed E-state index contributed by atoms with van der Waals surface area (Å²) in [6.45, 7) is 4.98. The molecule has 0 aliphatic carbocycles. The lowest BCUT2D eigenvalue weighted by molar-refractivity contribution is -0.133. The number of hydrogen-bond donors (Lipinski definition) is 1. The molecule has 0 bridgehead atoms. The van der Waals surface area contributed by atoms with Crippen LogP contribution in [-0.2, 0) is 35.5 Å². The van der Waals surface area contributed by atoms with Gasteiger partial charge in [-0.15, -0.1) is 11.3 Å². The highest BCUT2D eigenvalue weighted by molar-refractivity contribution is 7.99. The van der Waals surface area contributed by atoms with Crippen molar-refractivity contribution in [1.82, 2.24) is 9.55 Å². The molecule has 4 rings (SSSR count). The number of carboxylic acid groups (broad SMARTS) is 1. The standard InChI is InChI=1S/C21H22N2O4S2/c1-21(2)10-14-15(11-27-21)29-18-17(14)19(26)23(20(22-18)28-12-16(24)25)9-8-13-6-4-3-5-7-13/h3-7H,8-12H2,1-2H3,(H,24,25). The summed E-state index contributed by atoms with van der Waals surface area (Å²) in [7, 11) is 0. The molecule has 0 saturated heterocycles. The van der Waals surface area contributed by atoms with E-state index in [1.807, 2.05) is 44.2 Å². The Labute approximate surface area is 176 Å². The number of benzene rings is 1. The van der Waals surface area contributed by atoms with Crippen molar-refractivity contribution in [3.8, 4) is 0 Å². The van der Waals surface area contributed by atoms with Gasteiger partial charge in [0.25, 0.3) is 5.56 Å². The van der Waals surface area contributed by atoms with E-state index in [0.717, 1.165) is 27.8 Å². The SMILES string of the molecule is CC1(C)Cc2c(sc3nc(SCC(=O)O)n(CCc4ccccc4)c(=O)c23)CO1. The molecule has 8 heteroatoms. The van der Waals surface area contributed by atoms with E-state index < -0.39 is 5.97 Å². The van der Waals surface area contributed by atoms with Crippen molar-refractivity contribution in [2.24, 2.45) is 0 Å². The first-order valence-electron chi connectivity index (χ1n) is 9.41. The average Bonchev–Trinajstić information content (AvgIpc) is 3.03. The summed E-state index contributed by atoms with van der Waals surface area (Å²) in [6, 6.07) is 9.94. The van der Waals surface area contributed by atoms with E-state index in [2.05, 4.69) is 0 Å². The van der Waals surface area contributed by atoms with Crippen molar-refractivity contribution >= 4 is 39.3 Å². The third-order valence-corrected chi connectivity index (χ3v) is 7.01. The Morgan fingerprint density at radius 2 is 2.10 bits per heavy atom. The molecule has 0 fully saturated rings. The van der Waals surface area contributed by atoms with Gasteiger partial charge in [0.2, 0.25) is 0 Å². The molecule has 3 heterocycles. The van der Waals surface area contributed by atoms with Gasteiger partial charge in [-0.3, -0.25) is 14.2 Å². The van der Waals surface area contributed by atoms with Gasteiger partial charge in [0, 0.05) is 17.8 Å². The molecule has 2 aromatic heterocycles. The first kappa shape index (κ1) is 20.1. The van der Waals surface area contributed by atoms with Crippen LogP contribution in [0.1, 0.15) is 29.9 Å². The van der Waals surface area contributed by atoms with Gasteiger partial charge in [-0.2, -0.15) is 0 Å². The number of ether oxygens (including phenoxy) is 1. The Hall–Kier alpha value is -2.16. The van der Waals surface area contributed by atoms with E-state index in [4.69, 9.17) is 14.8 Å². The number of thiophene rings is 1. The van der Waals surface area contributed by atoms with Crippen LogP contribution in [0.5, 0.6) is 0 Å². The topological polar surface area (TPSA) is 81.4 Å². The highest BCUT2D eigenvalue weighted by Crippen LogP contribution is 2.37. The summed E-state index contributed by atoms with van der Waals surface area (Å²) in [5, 5.41) is 10.2. The number of nitrogens with zero attached hydrogens (tertiary/aromatic N) is 2. The largest absolute Gasteiger partial charge is 0.481 e. The first-order chi connectivity index (χ1) is 13.8. The fraction of sp³-hybridized carbons (Fsp3) is 0.381. The highest BCUT2D eigenvalue weighted by Gasteiger charge is 2.31. The number of thioether (sulfide) groups is 1. The molecule has 6 nitrogen and oxygen atoms in total. The van der Waals surface area contributed by atoms with Crippen LogP contribution in [0, 0.1) is 0 Å². The van der Waals surface area contributed by atoms with Gasteiger partial charge >= 0.3 is 5.97 Å². The molecule has 0 saturated carbocycles. The van der Waals surface area contributed by atoms with E-state index in [9.17, 15) is 9.59 Å². The van der Waals surface area contributed by atoms with E-state index in [1.165, 1.54) is 11.3 Å². The summed E-state index contributed by atoms with van der Waals surface area (Å²) < 4.78 is 7.53. The Bertz CT molecular complexity index is 1120. The van der Waals surface area contributed by atoms with Crippen LogP contribution in [0.4, 0.5) is 0 Å². The number of rotatable bonds is 6. The maximum atomic E-state index is 13.5. The molecular weight excluding hydrogens is 408 g/mol. The van der Waals surface area contributed by atoms with Crippen LogP contribution in [0.25, 0.3) is 10.2 Å². The fourth-order valence-corrected chi connectivity index (χ4v) is 5.42. The number of aromatic nitrogens is 2. The second-order valence-electron chi connectivity index (χ2n) is 7.68. The predicted molar refractivity (Wildman–Crippen MR) is 115 cm³/mol. The molecule has 1 aliphatic rings. The maximum Gasteiger partial charge on any atom is 0.313 e. The number of aliphatic carboxylic acids is 1. The van der Waals surface area contributed by atoms with Crippen molar-refractivity contribution in [2.75, 3.05) is 5.75 Å². The summed E-state index contributed by atoms with van der Waals surface area (Å²) in [5.74, 6) is -1.07. The van der Waals surface area contributed by atoms with Crippen molar-refractivity contribution in [1.29, 1.82) is 0 Å². The van der Waals surface area contributed by atoms with E-state index in [-0.39, 0.29) is 16.9 Å². The molecule has 1 aliphatic heterocycles. The minimum Gasteiger partial charge on any atom is -0.481 e. The number of carbonyl (C=O) groups is 1. The molecule has 1 aromatic carbocycles. The average molecular weight is 431 g/mol. The van der Waals surface area contributed by atoms with Gasteiger partial charge in [-0.1, -0.05) is 42.1 Å². The van der Waals surface area contributed by atoms with Crippen molar-refractivity contribution in [2.45, 2.75) is 50.6 Å². The number of carboxylic acids is 1. The summed E-state index contributed by atoms with van der Waals surface area (Å²) in [4.78, 5) is 31.0. The van der Waals surface area contributed by atoms with E-state index in [1.54, 1.807) is 4.57 Å². The lowest BCUT2D eigenvalue weighted by atomic mass is 9.94. The fourth-order valence-electron chi connectivity index (χ4n) is 3.53. The van der Waals surface area contributed by atoms with Gasteiger partial charge in [0.15, 0.2) is 5.16 Å². The Morgan fingerprint density at radius 3 is 2.83 bits per heavy atom. The zero-order chi connectivity index (χ0) is 20.6. The molecule has 3 aromatic rings. The molecule has 152 valence electrons. The quantitative estimate of drug-likeness (QED) is 0.474. The summed E-state index contributed by atoms with van der Waals surface area (Å²) in [6.07, 6.45) is 1.34. The second-order valence-corrected chi connectivity index (χ2v) is 9.70. The molecule has 0 radical (unpaired) electrons. The summed E-state index contributed by atoms with van der Waals surface area (Å²) in [5.41, 5.74) is 1.74. The van der Waals surface area contributed by atoms with Crippen molar-refractivity contribution in [3.05, 3.63) is 56.7 Å². The molecule has 29 heavy (non-hydrogen) atoms. The molecule has 1 N–H and O–H groups in total. The smallest absolute Gasteiger partial charge is 0.313 e. The lowest BCUT2D eigenvalue weighted by Gasteiger charge is -2.29. The van der Waals surface area contributed by atoms with E-state index in [0.29, 0.717) is 41.4 Å². The van der Waals surface area contributed by atoms with Crippen molar-refractivity contribution in [3.63, 3.8) is 0 Å². The maximum absolute atomic E-state index is 13.5. The van der Waals surface area contributed by atoms with Crippen LogP contribution in [0.2, 0.25) is 0 Å². The van der Waals surface area contributed by atoms with Crippen LogP contribution in [0.15, 0.2) is 40.3 Å². The predicted octanol–water partition coefficient (Wildman–Crippen LogP) is 3.73. The van der Waals surface area contributed by atoms with Crippen LogP contribution in [0.3, 0.4) is 0 Å². The zero-order valence-electron chi connectivity index (χ0n) is 16.3. The third kappa shape index (κ3) is 4.24. The third-order valence-electron chi connectivity index (χ3n) is 4.95. The highest BCUT2D eigenvalue weighted by atomic mass is 32.2. The first-order valence-corrected chi connectivity index (χ1v) is 11.2. The Morgan fingerprint density at radius 1 is 1.34 bits per heavy atom. The van der Waals surface area contributed by atoms with Gasteiger partial charge in [-0.05, 0) is 31.4 Å². The lowest BCUT2D eigenvalue weighted by Crippen LogP contribution is -2.32. The van der Waals surface area contributed by atoms with Gasteiger partial charge in [0.1, 0.15) is 4.83 Å². The van der Waals surface area contributed by atoms with Crippen LogP contribution >= 0.6 is 23.1 Å². The molecule has 0 unspecified atom stereocenters. The number of aryl methyl sites for hydroxylation is 1. The molecular formula is C21H22N2O4S2. The van der Waals surface area contributed by atoms with Crippen molar-refractivity contribution < 1.29 is 14.6 Å².